The monoisotopic (exact) mass is 223 g/mol. The molecule has 90 valence electrons. The number of anilines is 2. The van der Waals surface area contributed by atoms with E-state index >= 15 is 0 Å². The summed E-state index contributed by atoms with van der Waals surface area (Å²) in [5.74, 6) is 0.641. The van der Waals surface area contributed by atoms with Crippen molar-refractivity contribution < 1.29 is 5.11 Å². The molecule has 1 rings (SSSR count). The molecule has 0 saturated carbocycles. The fourth-order valence-corrected chi connectivity index (χ4v) is 1.64. The molecule has 0 bridgehead atoms. The molecule has 4 N–H and O–H groups in total. The maximum atomic E-state index is 9.99. The minimum Gasteiger partial charge on any atom is -0.396 e. The predicted octanol–water partition coefficient (Wildman–Crippen LogP) is 1.94. The lowest BCUT2D eigenvalue weighted by molar-refractivity contribution is 0.0636. The molecule has 0 aromatic carbocycles. The van der Waals surface area contributed by atoms with Gasteiger partial charge < -0.3 is 16.2 Å². The molecule has 0 saturated heterocycles. The average Bonchev–Trinajstić information content (AvgIpc) is 2.16. The molecule has 0 fully saturated rings. The Hall–Kier alpha value is -1.29. The highest BCUT2D eigenvalue weighted by Crippen LogP contribution is 2.18. The smallest absolute Gasteiger partial charge is 0.149 e. The van der Waals surface area contributed by atoms with Crippen molar-refractivity contribution in [1.82, 2.24) is 4.98 Å². The van der Waals surface area contributed by atoms with E-state index in [9.17, 15) is 5.11 Å². The Morgan fingerprint density at radius 1 is 1.56 bits per heavy atom. The van der Waals surface area contributed by atoms with Gasteiger partial charge in [0, 0.05) is 12.7 Å². The molecule has 0 aliphatic rings. The zero-order chi connectivity index (χ0) is 12.2. The highest BCUT2D eigenvalue weighted by Gasteiger charge is 2.19. The Labute approximate surface area is 96.9 Å². The third-order valence-corrected chi connectivity index (χ3v) is 2.48. The Morgan fingerprint density at radius 2 is 2.25 bits per heavy atom. The summed E-state index contributed by atoms with van der Waals surface area (Å²) in [5.41, 5.74) is 6.75. The molecule has 0 spiro atoms. The van der Waals surface area contributed by atoms with E-state index in [-0.39, 0.29) is 0 Å². The fraction of sp³-hybridized carbons (Fsp3) is 0.583. The Balaban J connectivity index is 2.61. The largest absolute Gasteiger partial charge is 0.396 e. The van der Waals surface area contributed by atoms with Crippen molar-refractivity contribution in [1.29, 1.82) is 0 Å². The number of nitrogen functional groups attached to an aromatic ring is 1. The topological polar surface area (TPSA) is 71.2 Å². The van der Waals surface area contributed by atoms with Crippen LogP contribution < -0.4 is 11.1 Å². The van der Waals surface area contributed by atoms with E-state index in [2.05, 4.69) is 10.3 Å². The van der Waals surface area contributed by atoms with Gasteiger partial charge in [-0.3, -0.25) is 0 Å². The number of aliphatic hydroxyl groups is 1. The molecular weight excluding hydrogens is 202 g/mol. The van der Waals surface area contributed by atoms with Crippen molar-refractivity contribution in [2.24, 2.45) is 0 Å². The second kappa shape index (κ2) is 5.16. The van der Waals surface area contributed by atoms with Crippen LogP contribution in [0.3, 0.4) is 0 Å². The molecule has 0 radical (unpaired) electrons. The summed E-state index contributed by atoms with van der Waals surface area (Å²) in [6, 6.07) is 1.86. The Kier molecular flexibility index (Phi) is 4.12. The first-order valence-electron chi connectivity index (χ1n) is 5.63. The number of aryl methyl sites for hydroxylation is 1. The van der Waals surface area contributed by atoms with E-state index < -0.39 is 5.60 Å². The van der Waals surface area contributed by atoms with E-state index in [1.807, 2.05) is 26.8 Å². The van der Waals surface area contributed by atoms with Gasteiger partial charge in [-0.25, -0.2) is 4.98 Å². The van der Waals surface area contributed by atoms with Crippen molar-refractivity contribution in [3.8, 4) is 0 Å². The molecule has 4 nitrogen and oxygen atoms in total. The maximum Gasteiger partial charge on any atom is 0.149 e. The molecule has 1 atom stereocenters. The van der Waals surface area contributed by atoms with Gasteiger partial charge in [0.05, 0.1) is 11.3 Å². The molecule has 4 heteroatoms. The molecule has 1 heterocycles. The normalized spacial score (nSPS) is 14.5. The van der Waals surface area contributed by atoms with E-state index in [0.29, 0.717) is 18.1 Å². The molecule has 0 aliphatic carbocycles. The molecule has 1 unspecified atom stereocenters. The van der Waals surface area contributed by atoms with Crippen molar-refractivity contribution in [3.05, 3.63) is 17.8 Å². The lowest BCUT2D eigenvalue weighted by Gasteiger charge is -2.23. The van der Waals surface area contributed by atoms with Gasteiger partial charge in [0.15, 0.2) is 0 Å². The third kappa shape index (κ3) is 3.70. The summed E-state index contributed by atoms with van der Waals surface area (Å²) < 4.78 is 0. The number of hydrogen-bond acceptors (Lipinski definition) is 4. The van der Waals surface area contributed by atoms with E-state index in [4.69, 9.17) is 5.73 Å². The predicted molar refractivity (Wildman–Crippen MR) is 67.4 cm³/mol. The van der Waals surface area contributed by atoms with E-state index in [1.165, 1.54) is 0 Å². The molecule has 0 amide bonds. The van der Waals surface area contributed by atoms with Gasteiger partial charge in [0.2, 0.25) is 0 Å². The van der Waals surface area contributed by atoms with Crippen molar-refractivity contribution in [2.75, 3.05) is 17.6 Å². The first kappa shape index (κ1) is 12.8. The molecule has 16 heavy (non-hydrogen) atoms. The van der Waals surface area contributed by atoms with Gasteiger partial charge in [0.25, 0.3) is 0 Å². The summed E-state index contributed by atoms with van der Waals surface area (Å²) in [6.45, 7) is 6.27. The van der Waals surface area contributed by atoms with Crippen molar-refractivity contribution >= 4 is 11.5 Å². The summed E-state index contributed by atoms with van der Waals surface area (Å²) >= 11 is 0. The van der Waals surface area contributed by atoms with Crippen LogP contribution in [0.15, 0.2) is 12.3 Å². The number of nitrogens with one attached hydrogen (secondary N) is 1. The lowest BCUT2D eigenvalue weighted by atomic mass is 10.0. The van der Waals surface area contributed by atoms with Crippen LogP contribution in [-0.4, -0.2) is 22.2 Å². The second-order valence-corrected chi connectivity index (χ2v) is 4.55. The first-order chi connectivity index (χ1) is 7.44. The van der Waals surface area contributed by atoms with Gasteiger partial charge >= 0.3 is 0 Å². The zero-order valence-electron chi connectivity index (χ0n) is 10.2. The first-order valence-corrected chi connectivity index (χ1v) is 5.63. The van der Waals surface area contributed by atoms with Gasteiger partial charge in [-0.2, -0.15) is 0 Å². The van der Waals surface area contributed by atoms with Gasteiger partial charge in [0.1, 0.15) is 5.82 Å². The lowest BCUT2D eigenvalue weighted by Crippen LogP contribution is -2.33. The number of pyridine rings is 1. The van der Waals surface area contributed by atoms with Crippen LogP contribution in [0.25, 0.3) is 0 Å². The van der Waals surface area contributed by atoms with Crippen LogP contribution in [0.5, 0.6) is 0 Å². The molecule has 1 aromatic rings. The third-order valence-electron chi connectivity index (χ3n) is 2.48. The number of nitrogens with zero attached hydrogens (tertiary/aromatic N) is 1. The van der Waals surface area contributed by atoms with E-state index in [0.717, 1.165) is 18.4 Å². The fourth-order valence-electron chi connectivity index (χ4n) is 1.64. The number of aromatic nitrogens is 1. The minimum atomic E-state index is -0.715. The SMILES string of the molecule is CCCC(C)(O)CNc1ncc(C)cc1N. The highest BCUT2D eigenvalue weighted by atomic mass is 16.3. The molecule has 0 aliphatic heterocycles. The molecular formula is C12H21N3O. The highest BCUT2D eigenvalue weighted by molar-refractivity contribution is 5.61. The number of rotatable bonds is 5. The van der Waals surface area contributed by atoms with Crippen LogP contribution in [-0.2, 0) is 0 Å². The van der Waals surface area contributed by atoms with Gasteiger partial charge in [-0.05, 0) is 31.9 Å². The summed E-state index contributed by atoms with van der Waals surface area (Å²) in [5, 5.41) is 13.1. The van der Waals surface area contributed by atoms with Gasteiger partial charge in [-0.15, -0.1) is 0 Å². The standard InChI is InChI=1S/C12H21N3O/c1-4-5-12(3,16)8-15-11-10(13)6-9(2)7-14-11/h6-7,16H,4-5,8,13H2,1-3H3,(H,14,15). The Bertz CT molecular complexity index is 350. The number of nitrogens with two attached hydrogens (primary N) is 1. The zero-order valence-corrected chi connectivity index (χ0v) is 10.2. The van der Waals surface area contributed by atoms with E-state index in [1.54, 1.807) is 6.20 Å². The van der Waals surface area contributed by atoms with Crippen molar-refractivity contribution in [3.63, 3.8) is 0 Å². The average molecular weight is 223 g/mol. The second-order valence-electron chi connectivity index (χ2n) is 4.55. The van der Waals surface area contributed by atoms with Crippen LogP contribution in [0, 0.1) is 6.92 Å². The van der Waals surface area contributed by atoms with Crippen LogP contribution >= 0.6 is 0 Å². The van der Waals surface area contributed by atoms with Gasteiger partial charge in [-0.1, -0.05) is 13.3 Å². The quantitative estimate of drug-likeness (QED) is 0.713. The summed E-state index contributed by atoms with van der Waals surface area (Å²) in [7, 11) is 0. The van der Waals surface area contributed by atoms with Crippen LogP contribution in [0.1, 0.15) is 32.3 Å². The Morgan fingerprint density at radius 3 is 2.81 bits per heavy atom. The molecule has 1 aromatic heterocycles. The van der Waals surface area contributed by atoms with Crippen LogP contribution in [0.2, 0.25) is 0 Å². The maximum absolute atomic E-state index is 9.99. The summed E-state index contributed by atoms with van der Waals surface area (Å²) in [4.78, 5) is 4.19. The van der Waals surface area contributed by atoms with Crippen LogP contribution in [0.4, 0.5) is 11.5 Å². The number of hydrogen-bond donors (Lipinski definition) is 3. The minimum absolute atomic E-state index is 0.459. The summed E-state index contributed by atoms with van der Waals surface area (Å²) in [6.07, 6.45) is 3.46. The van der Waals surface area contributed by atoms with Crippen molar-refractivity contribution in [2.45, 2.75) is 39.2 Å².